The highest BCUT2D eigenvalue weighted by Crippen LogP contribution is 2.42. The van der Waals surface area contributed by atoms with E-state index in [-0.39, 0.29) is 18.0 Å². The number of rotatable bonds is 7. The lowest BCUT2D eigenvalue weighted by molar-refractivity contribution is -0.116. The molecular formula is C33H37N5OS. The van der Waals surface area contributed by atoms with Gasteiger partial charge >= 0.3 is 0 Å². The molecule has 2 aromatic carbocycles. The summed E-state index contributed by atoms with van der Waals surface area (Å²) in [7, 11) is 0. The van der Waals surface area contributed by atoms with E-state index in [1.165, 1.54) is 33.6 Å². The van der Waals surface area contributed by atoms with E-state index >= 15 is 0 Å². The second kappa shape index (κ2) is 11.3. The molecule has 0 radical (unpaired) electrons. The van der Waals surface area contributed by atoms with Crippen LogP contribution in [0.15, 0.2) is 66.9 Å². The van der Waals surface area contributed by atoms with Crippen LogP contribution in [-0.4, -0.2) is 32.0 Å². The Morgan fingerprint density at radius 2 is 1.70 bits per heavy atom. The molecule has 4 aromatic rings. The molecule has 2 unspecified atom stereocenters. The molecule has 1 aliphatic heterocycles. The van der Waals surface area contributed by atoms with Crippen molar-refractivity contribution in [3.63, 3.8) is 0 Å². The maximum absolute atomic E-state index is 13.0. The van der Waals surface area contributed by atoms with Crippen molar-refractivity contribution in [2.24, 2.45) is 0 Å². The zero-order chi connectivity index (χ0) is 28.6. The molecule has 0 saturated carbocycles. The molecule has 40 heavy (non-hydrogen) atoms. The van der Waals surface area contributed by atoms with Crippen LogP contribution >= 0.6 is 12.2 Å². The molecule has 5 rings (SSSR count). The van der Waals surface area contributed by atoms with Crippen molar-refractivity contribution in [2.45, 2.75) is 60.0 Å². The minimum Gasteiger partial charge on any atom is -0.352 e. The summed E-state index contributed by atoms with van der Waals surface area (Å²) in [6.07, 6.45) is 2.13. The van der Waals surface area contributed by atoms with Crippen LogP contribution in [0, 0.1) is 41.5 Å². The summed E-state index contributed by atoms with van der Waals surface area (Å²) in [5.74, 6) is -0.0372. The highest BCUT2D eigenvalue weighted by Gasteiger charge is 2.41. The van der Waals surface area contributed by atoms with Crippen LogP contribution in [0.3, 0.4) is 0 Å². The average Bonchev–Trinajstić information content (AvgIpc) is 3.38. The number of hydrogen-bond acceptors (Lipinski definition) is 3. The molecule has 1 amide bonds. The van der Waals surface area contributed by atoms with Crippen LogP contribution in [0.4, 0.5) is 5.69 Å². The molecule has 2 atom stereocenters. The number of nitrogens with one attached hydrogen (secondary N) is 2. The fourth-order valence-corrected chi connectivity index (χ4v) is 6.44. The number of carbonyl (C=O) groups excluding carboxylic acids is 1. The average molecular weight is 552 g/mol. The third-order valence-corrected chi connectivity index (χ3v) is 8.08. The molecule has 2 N–H and O–H groups in total. The van der Waals surface area contributed by atoms with Crippen LogP contribution in [0.5, 0.6) is 0 Å². The molecule has 0 aliphatic carbocycles. The molecule has 3 heterocycles. The lowest BCUT2D eigenvalue weighted by Gasteiger charge is -2.28. The summed E-state index contributed by atoms with van der Waals surface area (Å²) in [6.45, 7) is 13.3. The summed E-state index contributed by atoms with van der Waals surface area (Å²) >= 11 is 5.87. The second-order valence-electron chi connectivity index (χ2n) is 10.9. The van der Waals surface area contributed by atoms with Crippen LogP contribution in [0.25, 0.3) is 5.69 Å². The maximum Gasteiger partial charge on any atom is 0.226 e. The first-order chi connectivity index (χ1) is 19.1. The number of pyridine rings is 1. The molecule has 206 valence electrons. The van der Waals surface area contributed by atoms with Crippen LogP contribution in [-0.2, 0) is 4.79 Å². The molecule has 1 aliphatic rings. The van der Waals surface area contributed by atoms with Gasteiger partial charge in [-0.1, -0.05) is 35.9 Å². The lowest BCUT2D eigenvalue weighted by atomic mass is 9.96. The molecule has 0 bridgehead atoms. The Balaban J connectivity index is 1.51. The minimum absolute atomic E-state index is 0.0372. The smallest absolute Gasteiger partial charge is 0.226 e. The van der Waals surface area contributed by atoms with E-state index in [0.717, 1.165) is 22.6 Å². The zero-order valence-electron chi connectivity index (χ0n) is 24.1. The number of carbonyl (C=O) groups is 1. The van der Waals surface area contributed by atoms with Crippen molar-refractivity contribution < 1.29 is 4.79 Å². The van der Waals surface area contributed by atoms with Gasteiger partial charge in [0, 0.05) is 36.2 Å². The van der Waals surface area contributed by atoms with Gasteiger partial charge in [0.05, 0.1) is 23.5 Å². The standard InChI is InChI=1S/C33H37N5OS/c1-20-10-9-11-26(18-20)35-29(39)13-15-37-32(30(36-33(37)40)28-12-7-8-14-34-28)27-19-24(5)38(25(27)6)31-22(3)16-21(2)17-23(31)4/h7-12,14,16-19,30,32H,13,15H2,1-6H3,(H,35,39)(H,36,40). The predicted molar refractivity (Wildman–Crippen MR) is 166 cm³/mol. The molecular weight excluding hydrogens is 514 g/mol. The second-order valence-corrected chi connectivity index (χ2v) is 11.3. The SMILES string of the molecule is Cc1cccc(NC(=O)CCN2C(=S)NC(c3ccccn3)C2c2cc(C)n(-c3c(C)cc(C)cc3C)c2C)c1. The van der Waals surface area contributed by atoms with E-state index in [2.05, 4.69) is 77.9 Å². The number of amides is 1. The fraction of sp³-hybridized carbons (Fsp3) is 0.303. The van der Waals surface area contributed by atoms with Crippen molar-refractivity contribution in [3.8, 4) is 5.69 Å². The first kappa shape index (κ1) is 27.6. The van der Waals surface area contributed by atoms with E-state index in [1.807, 2.05) is 55.6 Å². The van der Waals surface area contributed by atoms with Crippen molar-refractivity contribution in [1.82, 2.24) is 19.8 Å². The Morgan fingerprint density at radius 1 is 0.950 bits per heavy atom. The van der Waals surface area contributed by atoms with Crippen LogP contribution in [0.2, 0.25) is 0 Å². The Labute approximate surface area is 242 Å². The Hall–Kier alpha value is -3.97. The van der Waals surface area contributed by atoms with Gasteiger partial charge in [-0.25, -0.2) is 0 Å². The number of benzene rings is 2. The highest BCUT2D eigenvalue weighted by atomic mass is 32.1. The monoisotopic (exact) mass is 551 g/mol. The van der Waals surface area contributed by atoms with E-state index < -0.39 is 0 Å². The van der Waals surface area contributed by atoms with Crippen molar-refractivity contribution >= 4 is 28.9 Å². The van der Waals surface area contributed by atoms with Crippen molar-refractivity contribution in [2.75, 3.05) is 11.9 Å². The van der Waals surface area contributed by atoms with Crippen molar-refractivity contribution in [1.29, 1.82) is 0 Å². The van der Waals surface area contributed by atoms with Gasteiger partial charge in [-0.2, -0.15) is 0 Å². The number of thiocarbonyl (C=S) groups is 1. The largest absolute Gasteiger partial charge is 0.352 e. The molecule has 1 saturated heterocycles. The maximum atomic E-state index is 13.0. The van der Waals surface area contributed by atoms with E-state index in [9.17, 15) is 4.79 Å². The third kappa shape index (κ3) is 5.39. The molecule has 2 aromatic heterocycles. The van der Waals surface area contributed by atoms with Gasteiger partial charge in [-0.3, -0.25) is 9.78 Å². The summed E-state index contributed by atoms with van der Waals surface area (Å²) < 4.78 is 2.36. The molecule has 7 heteroatoms. The minimum atomic E-state index is -0.136. The summed E-state index contributed by atoms with van der Waals surface area (Å²) in [5.41, 5.74) is 11.3. The quantitative estimate of drug-likeness (QED) is 0.250. The summed E-state index contributed by atoms with van der Waals surface area (Å²) in [6, 6.07) is 20.3. The Morgan fingerprint density at radius 3 is 2.38 bits per heavy atom. The van der Waals surface area contributed by atoms with Gasteiger partial charge in [0.1, 0.15) is 0 Å². The Bertz CT molecular complexity index is 1550. The summed E-state index contributed by atoms with van der Waals surface area (Å²) in [5, 5.41) is 7.20. The van der Waals surface area contributed by atoms with Crippen molar-refractivity contribution in [3.05, 3.63) is 112 Å². The van der Waals surface area contributed by atoms with Gasteiger partial charge in [0.2, 0.25) is 5.91 Å². The predicted octanol–water partition coefficient (Wildman–Crippen LogP) is 6.72. The number of hydrogen-bond donors (Lipinski definition) is 2. The van der Waals surface area contributed by atoms with Gasteiger partial charge in [0.25, 0.3) is 0 Å². The van der Waals surface area contributed by atoms with E-state index in [4.69, 9.17) is 12.2 Å². The van der Waals surface area contributed by atoms with Gasteiger partial charge in [-0.05, 0) is 106 Å². The number of nitrogens with zero attached hydrogens (tertiary/aromatic N) is 3. The normalized spacial score (nSPS) is 16.8. The zero-order valence-corrected chi connectivity index (χ0v) is 24.9. The molecule has 6 nitrogen and oxygen atoms in total. The Kier molecular flexibility index (Phi) is 7.76. The molecule has 1 fully saturated rings. The number of aromatic nitrogens is 2. The third-order valence-electron chi connectivity index (χ3n) is 7.73. The van der Waals surface area contributed by atoms with Gasteiger partial charge in [-0.15, -0.1) is 0 Å². The summed E-state index contributed by atoms with van der Waals surface area (Å²) in [4.78, 5) is 19.8. The topological polar surface area (TPSA) is 62.2 Å². The van der Waals surface area contributed by atoms with Gasteiger partial charge in [0.15, 0.2) is 5.11 Å². The number of aryl methyl sites for hydroxylation is 5. The van der Waals surface area contributed by atoms with Gasteiger partial charge < -0.3 is 20.1 Å². The first-order valence-corrected chi connectivity index (χ1v) is 14.2. The fourth-order valence-electron chi connectivity index (χ4n) is 6.11. The van der Waals surface area contributed by atoms with Crippen LogP contribution in [0.1, 0.15) is 63.4 Å². The molecule has 0 spiro atoms. The van der Waals surface area contributed by atoms with E-state index in [1.54, 1.807) is 0 Å². The van der Waals surface area contributed by atoms with E-state index in [0.29, 0.717) is 18.1 Å². The highest BCUT2D eigenvalue weighted by molar-refractivity contribution is 7.80. The first-order valence-electron chi connectivity index (χ1n) is 13.8. The van der Waals surface area contributed by atoms with Crippen LogP contribution < -0.4 is 10.6 Å². The number of anilines is 1. The lowest BCUT2D eigenvalue weighted by Crippen LogP contribution is -2.32.